The molecule has 1 fully saturated rings. The number of para-hydroxylation sites is 1. The fraction of sp³-hybridized carbons (Fsp3) is 0.409. The molecule has 2 aromatic carbocycles. The van der Waals surface area contributed by atoms with Crippen molar-refractivity contribution in [1.29, 1.82) is 0 Å². The number of nitrogens with one attached hydrogen (secondary N) is 1. The zero-order valence-corrected chi connectivity index (χ0v) is 19.1. The highest BCUT2D eigenvalue weighted by Crippen LogP contribution is 2.27. The normalized spacial score (nSPS) is 16.0. The predicted octanol–water partition coefficient (Wildman–Crippen LogP) is 3.72. The van der Waals surface area contributed by atoms with E-state index in [-0.39, 0.29) is 17.3 Å². The van der Waals surface area contributed by atoms with Crippen LogP contribution in [0.5, 0.6) is 0 Å². The first kappa shape index (κ1) is 22.7. The number of benzene rings is 2. The van der Waals surface area contributed by atoms with E-state index in [0.29, 0.717) is 37.1 Å². The van der Waals surface area contributed by atoms with Gasteiger partial charge in [0.2, 0.25) is 15.9 Å². The Hall–Kier alpha value is -1.93. The number of anilines is 1. The Bertz CT molecular complexity index is 999. The number of rotatable bonds is 6. The molecule has 1 N–H and O–H groups in total. The Kier molecular flexibility index (Phi) is 7.18. The molecule has 162 valence electrons. The van der Waals surface area contributed by atoms with Gasteiger partial charge in [0.15, 0.2) is 0 Å². The third-order valence-electron chi connectivity index (χ3n) is 5.34. The lowest BCUT2D eigenvalue weighted by atomic mass is 9.98. The van der Waals surface area contributed by atoms with Crippen molar-refractivity contribution >= 4 is 33.2 Å². The highest BCUT2D eigenvalue weighted by molar-refractivity contribution is 7.89. The number of nitrogens with zero attached hydrogens (tertiary/aromatic N) is 2. The summed E-state index contributed by atoms with van der Waals surface area (Å²) in [4.78, 5) is 14.9. The standard InChI is InChI=1S/C22H28ClN3O3S/c1-16(2)20-6-4-5-17(3)22(20)24-21(27)15-25-11-13-26(14-12-25)30(28,29)19-9-7-18(23)8-10-19/h4-10,16H,11-15H2,1-3H3,(H,24,27). The largest absolute Gasteiger partial charge is 0.324 e. The summed E-state index contributed by atoms with van der Waals surface area (Å²) in [6.07, 6.45) is 0. The number of halogens is 1. The molecular formula is C22H28ClN3O3S. The SMILES string of the molecule is Cc1cccc(C(C)C)c1NC(=O)CN1CCN(S(=O)(=O)c2ccc(Cl)cc2)CC1. The molecule has 30 heavy (non-hydrogen) atoms. The summed E-state index contributed by atoms with van der Waals surface area (Å²) in [6, 6.07) is 12.2. The molecule has 6 nitrogen and oxygen atoms in total. The van der Waals surface area contributed by atoms with Gasteiger partial charge in [-0.1, -0.05) is 43.6 Å². The van der Waals surface area contributed by atoms with Crippen LogP contribution in [-0.4, -0.2) is 56.3 Å². The third-order valence-corrected chi connectivity index (χ3v) is 7.51. The van der Waals surface area contributed by atoms with Crippen LogP contribution in [0.3, 0.4) is 0 Å². The van der Waals surface area contributed by atoms with Gasteiger partial charge in [0.05, 0.1) is 11.4 Å². The molecule has 0 aromatic heterocycles. The third kappa shape index (κ3) is 5.21. The Morgan fingerprint density at radius 3 is 2.30 bits per heavy atom. The maximum absolute atomic E-state index is 12.8. The minimum Gasteiger partial charge on any atom is -0.324 e. The molecule has 0 radical (unpaired) electrons. The van der Waals surface area contributed by atoms with Crippen LogP contribution in [0, 0.1) is 6.92 Å². The second-order valence-electron chi connectivity index (χ2n) is 7.88. The Balaban J connectivity index is 1.59. The average Bonchev–Trinajstić information content (AvgIpc) is 2.70. The van der Waals surface area contributed by atoms with Gasteiger partial charge < -0.3 is 5.32 Å². The summed E-state index contributed by atoms with van der Waals surface area (Å²) in [7, 11) is -3.55. The predicted molar refractivity (Wildman–Crippen MR) is 121 cm³/mol. The lowest BCUT2D eigenvalue weighted by molar-refractivity contribution is -0.117. The van der Waals surface area contributed by atoms with Gasteiger partial charge in [0.1, 0.15) is 0 Å². The van der Waals surface area contributed by atoms with Gasteiger partial charge in [-0.15, -0.1) is 0 Å². The molecule has 1 aliphatic heterocycles. The lowest BCUT2D eigenvalue weighted by Crippen LogP contribution is -2.50. The molecule has 1 amide bonds. The summed E-state index contributed by atoms with van der Waals surface area (Å²) in [5.41, 5.74) is 3.03. The van der Waals surface area contributed by atoms with E-state index in [1.54, 1.807) is 12.1 Å². The summed E-state index contributed by atoms with van der Waals surface area (Å²) < 4.78 is 27.0. The number of carbonyl (C=O) groups is 1. The minimum atomic E-state index is -3.55. The van der Waals surface area contributed by atoms with Gasteiger partial charge in [0.25, 0.3) is 0 Å². The molecule has 3 rings (SSSR count). The zero-order valence-electron chi connectivity index (χ0n) is 17.6. The van der Waals surface area contributed by atoms with E-state index in [2.05, 4.69) is 19.2 Å². The fourth-order valence-electron chi connectivity index (χ4n) is 3.61. The van der Waals surface area contributed by atoms with Crippen molar-refractivity contribution in [3.8, 4) is 0 Å². The van der Waals surface area contributed by atoms with Gasteiger partial charge in [0, 0.05) is 36.9 Å². The lowest BCUT2D eigenvalue weighted by Gasteiger charge is -2.33. The van der Waals surface area contributed by atoms with Crippen LogP contribution in [-0.2, 0) is 14.8 Å². The molecule has 0 atom stereocenters. The van der Waals surface area contributed by atoms with Crippen molar-refractivity contribution in [2.75, 3.05) is 38.0 Å². The number of hydrogen-bond donors (Lipinski definition) is 1. The topological polar surface area (TPSA) is 69.7 Å². The van der Waals surface area contributed by atoms with Crippen LogP contribution in [0.25, 0.3) is 0 Å². The van der Waals surface area contributed by atoms with Gasteiger partial charge in [-0.3, -0.25) is 9.69 Å². The van der Waals surface area contributed by atoms with E-state index < -0.39 is 10.0 Å². The number of piperazine rings is 1. The minimum absolute atomic E-state index is 0.0831. The molecule has 0 saturated carbocycles. The second kappa shape index (κ2) is 9.47. The van der Waals surface area contributed by atoms with Crippen LogP contribution in [0.1, 0.15) is 30.9 Å². The molecule has 0 aliphatic carbocycles. The average molecular weight is 450 g/mol. The van der Waals surface area contributed by atoms with E-state index in [1.165, 1.54) is 16.4 Å². The molecule has 8 heteroatoms. The van der Waals surface area contributed by atoms with E-state index in [0.717, 1.165) is 16.8 Å². The molecule has 0 spiro atoms. The first-order valence-corrected chi connectivity index (χ1v) is 11.9. The maximum atomic E-state index is 12.8. The maximum Gasteiger partial charge on any atom is 0.243 e. The Labute approximate surface area is 183 Å². The number of hydrogen-bond acceptors (Lipinski definition) is 4. The summed E-state index contributed by atoms with van der Waals surface area (Å²) in [5.74, 6) is 0.224. The number of aryl methyl sites for hydroxylation is 1. The molecule has 0 bridgehead atoms. The van der Waals surface area contributed by atoms with Crippen LogP contribution in [0.15, 0.2) is 47.4 Å². The summed E-state index contributed by atoms with van der Waals surface area (Å²) in [6.45, 7) is 8.13. The van der Waals surface area contributed by atoms with Crippen molar-refractivity contribution in [3.63, 3.8) is 0 Å². The van der Waals surface area contributed by atoms with Gasteiger partial charge in [-0.05, 0) is 48.2 Å². The van der Waals surface area contributed by atoms with Gasteiger partial charge >= 0.3 is 0 Å². The van der Waals surface area contributed by atoms with Crippen molar-refractivity contribution in [2.45, 2.75) is 31.6 Å². The van der Waals surface area contributed by atoms with Crippen LogP contribution in [0.4, 0.5) is 5.69 Å². The molecule has 0 unspecified atom stereocenters. The van der Waals surface area contributed by atoms with E-state index in [9.17, 15) is 13.2 Å². The summed E-state index contributed by atoms with van der Waals surface area (Å²) >= 11 is 5.86. The summed E-state index contributed by atoms with van der Waals surface area (Å²) in [5, 5.41) is 3.55. The van der Waals surface area contributed by atoms with E-state index in [1.807, 2.05) is 30.0 Å². The smallest absolute Gasteiger partial charge is 0.243 e. The van der Waals surface area contributed by atoms with Crippen LogP contribution in [0.2, 0.25) is 5.02 Å². The van der Waals surface area contributed by atoms with Crippen molar-refractivity contribution < 1.29 is 13.2 Å². The number of sulfonamides is 1. The van der Waals surface area contributed by atoms with Crippen molar-refractivity contribution in [1.82, 2.24) is 9.21 Å². The zero-order chi connectivity index (χ0) is 21.9. The van der Waals surface area contributed by atoms with Crippen molar-refractivity contribution in [2.24, 2.45) is 0 Å². The van der Waals surface area contributed by atoms with Crippen LogP contribution >= 0.6 is 11.6 Å². The number of carbonyl (C=O) groups excluding carboxylic acids is 1. The van der Waals surface area contributed by atoms with Gasteiger partial charge in [-0.2, -0.15) is 4.31 Å². The Morgan fingerprint density at radius 1 is 1.07 bits per heavy atom. The second-order valence-corrected chi connectivity index (χ2v) is 10.3. The number of amides is 1. The molecular weight excluding hydrogens is 422 g/mol. The highest BCUT2D eigenvalue weighted by Gasteiger charge is 2.29. The van der Waals surface area contributed by atoms with Crippen molar-refractivity contribution in [3.05, 3.63) is 58.6 Å². The molecule has 2 aromatic rings. The first-order valence-electron chi connectivity index (χ1n) is 10.1. The fourth-order valence-corrected chi connectivity index (χ4v) is 5.16. The first-order chi connectivity index (χ1) is 14.2. The van der Waals surface area contributed by atoms with Gasteiger partial charge in [-0.25, -0.2) is 8.42 Å². The molecule has 1 heterocycles. The molecule has 1 saturated heterocycles. The van der Waals surface area contributed by atoms with Crippen LogP contribution < -0.4 is 5.32 Å². The van der Waals surface area contributed by atoms with E-state index in [4.69, 9.17) is 11.6 Å². The Morgan fingerprint density at radius 2 is 1.70 bits per heavy atom. The van der Waals surface area contributed by atoms with E-state index >= 15 is 0 Å². The highest BCUT2D eigenvalue weighted by atomic mass is 35.5. The quantitative estimate of drug-likeness (QED) is 0.729. The molecule has 1 aliphatic rings. The monoisotopic (exact) mass is 449 g/mol.